The molecule has 1 fully saturated rings. The molecule has 4 nitrogen and oxygen atoms in total. The first-order valence-electron chi connectivity index (χ1n) is 12.0. The summed E-state index contributed by atoms with van der Waals surface area (Å²) >= 11 is 0. The van der Waals surface area contributed by atoms with Gasteiger partial charge in [-0.05, 0) is 73.7 Å². The van der Waals surface area contributed by atoms with Crippen molar-refractivity contribution in [3.63, 3.8) is 0 Å². The minimum Gasteiger partial charge on any atom is -0.406 e. The van der Waals surface area contributed by atoms with Crippen molar-refractivity contribution in [1.82, 2.24) is 14.5 Å². The molecule has 1 saturated heterocycles. The molecule has 3 aromatic carbocycles. The second kappa shape index (κ2) is 10.1. The van der Waals surface area contributed by atoms with Gasteiger partial charge in [0.1, 0.15) is 11.6 Å². The predicted molar refractivity (Wildman–Crippen MR) is 130 cm³/mol. The number of nitrogens with zero attached hydrogens (tertiary/aromatic N) is 3. The number of hydrogen-bond acceptors (Lipinski definition) is 3. The molecule has 1 aliphatic rings. The third kappa shape index (κ3) is 6.03. The van der Waals surface area contributed by atoms with Crippen LogP contribution >= 0.6 is 0 Å². The lowest BCUT2D eigenvalue weighted by molar-refractivity contribution is -0.274. The zero-order chi connectivity index (χ0) is 24.3. The van der Waals surface area contributed by atoms with Crippen LogP contribution in [0.1, 0.15) is 29.8 Å². The number of hydrogen-bond donors (Lipinski definition) is 0. The van der Waals surface area contributed by atoms with Crippen molar-refractivity contribution in [3.05, 3.63) is 95.8 Å². The zero-order valence-corrected chi connectivity index (χ0v) is 19.4. The summed E-state index contributed by atoms with van der Waals surface area (Å²) in [5, 5.41) is 0. The maximum atomic E-state index is 12.5. The fourth-order valence-corrected chi connectivity index (χ4v) is 4.90. The lowest BCUT2D eigenvalue weighted by Gasteiger charge is -2.32. The predicted octanol–water partition coefficient (Wildman–Crippen LogP) is 6.44. The molecule has 5 rings (SSSR count). The maximum Gasteiger partial charge on any atom is 0.573 e. The van der Waals surface area contributed by atoms with E-state index in [1.807, 2.05) is 24.3 Å². The highest BCUT2D eigenvalue weighted by Crippen LogP contribution is 2.26. The van der Waals surface area contributed by atoms with Crippen LogP contribution in [0.15, 0.2) is 78.9 Å². The van der Waals surface area contributed by atoms with E-state index < -0.39 is 6.36 Å². The van der Waals surface area contributed by atoms with Crippen LogP contribution in [0.4, 0.5) is 13.2 Å². The van der Waals surface area contributed by atoms with E-state index in [-0.39, 0.29) is 5.75 Å². The topological polar surface area (TPSA) is 30.3 Å². The van der Waals surface area contributed by atoms with E-state index in [9.17, 15) is 13.2 Å². The normalized spacial score (nSPS) is 15.5. The lowest BCUT2D eigenvalue weighted by atomic mass is 9.90. The Morgan fingerprint density at radius 2 is 1.49 bits per heavy atom. The largest absolute Gasteiger partial charge is 0.573 e. The molecule has 0 bridgehead atoms. The van der Waals surface area contributed by atoms with Crippen LogP contribution in [0.2, 0.25) is 0 Å². The van der Waals surface area contributed by atoms with Crippen molar-refractivity contribution in [3.8, 4) is 5.75 Å². The maximum absolute atomic E-state index is 12.5. The van der Waals surface area contributed by atoms with Crippen molar-refractivity contribution >= 4 is 11.0 Å². The molecule has 0 unspecified atom stereocenters. The monoisotopic (exact) mass is 479 g/mol. The highest BCUT2D eigenvalue weighted by Gasteiger charge is 2.31. The number of benzene rings is 3. The van der Waals surface area contributed by atoms with Crippen LogP contribution in [0, 0.1) is 5.92 Å². The van der Waals surface area contributed by atoms with E-state index in [2.05, 4.69) is 44.5 Å². The molecule has 35 heavy (non-hydrogen) atoms. The fourth-order valence-electron chi connectivity index (χ4n) is 4.90. The van der Waals surface area contributed by atoms with E-state index in [0.717, 1.165) is 61.3 Å². The first kappa shape index (κ1) is 23.4. The van der Waals surface area contributed by atoms with E-state index in [0.29, 0.717) is 12.5 Å². The zero-order valence-electron chi connectivity index (χ0n) is 19.4. The molecule has 1 aliphatic heterocycles. The molecule has 0 spiro atoms. The molecule has 182 valence electrons. The molecule has 0 amide bonds. The van der Waals surface area contributed by atoms with Crippen LogP contribution in [-0.2, 0) is 19.5 Å². The molecule has 0 saturated carbocycles. The standard InChI is InChI=1S/C28H28F3N3O/c29-28(30,31)35-24-12-10-23(11-13-24)19-34-26-9-5-4-8-25(26)32-27(34)20-33-16-14-22(15-17-33)18-21-6-2-1-3-7-21/h1-13,22H,14-20H2. The van der Waals surface area contributed by atoms with Gasteiger partial charge < -0.3 is 9.30 Å². The molecule has 2 heterocycles. The average molecular weight is 480 g/mol. The van der Waals surface area contributed by atoms with E-state index >= 15 is 0 Å². The third-order valence-corrected chi connectivity index (χ3v) is 6.67. The summed E-state index contributed by atoms with van der Waals surface area (Å²) in [4.78, 5) is 7.36. The summed E-state index contributed by atoms with van der Waals surface area (Å²) in [5.74, 6) is 1.46. The molecule has 0 radical (unpaired) electrons. The molecule has 4 aromatic rings. The molecular formula is C28H28F3N3O. The Morgan fingerprint density at radius 3 is 2.20 bits per heavy atom. The number of para-hydroxylation sites is 2. The van der Waals surface area contributed by atoms with Gasteiger partial charge in [0.25, 0.3) is 0 Å². The number of imidazole rings is 1. The number of ether oxygens (including phenoxy) is 1. The number of alkyl halides is 3. The van der Waals surface area contributed by atoms with Crippen LogP contribution in [-0.4, -0.2) is 33.9 Å². The molecule has 0 N–H and O–H groups in total. The number of aromatic nitrogens is 2. The number of likely N-dealkylation sites (tertiary alicyclic amines) is 1. The Labute approximate surface area is 203 Å². The Kier molecular flexibility index (Phi) is 6.77. The van der Waals surface area contributed by atoms with Gasteiger partial charge in [0, 0.05) is 6.54 Å². The van der Waals surface area contributed by atoms with Crippen LogP contribution in [0.3, 0.4) is 0 Å². The number of halogens is 3. The molecule has 0 aliphatic carbocycles. The fraction of sp³-hybridized carbons (Fsp3) is 0.321. The first-order chi connectivity index (χ1) is 16.9. The summed E-state index contributed by atoms with van der Waals surface area (Å²) < 4.78 is 43.7. The van der Waals surface area contributed by atoms with Crippen molar-refractivity contribution in [2.75, 3.05) is 13.1 Å². The highest BCUT2D eigenvalue weighted by atomic mass is 19.4. The SMILES string of the molecule is FC(F)(F)Oc1ccc(Cn2c(CN3CCC(Cc4ccccc4)CC3)nc3ccccc32)cc1. The van der Waals surface area contributed by atoms with Crippen LogP contribution in [0.5, 0.6) is 5.75 Å². The van der Waals surface area contributed by atoms with Gasteiger partial charge in [-0.3, -0.25) is 4.90 Å². The molecule has 0 atom stereocenters. The Hall–Kier alpha value is -3.32. The Morgan fingerprint density at radius 1 is 0.800 bits per heavy atom. The first-order valence-corrected chi connectivity index (χ1v) is 12.0. The minimum absolute atomic E-state index is 0.213. The van der Waals surface area contributed by atoms with Crippen LogP contribution in [0.25, 0.3) is 11.0 Å². The number of rotatable bonds is 7. The second-order valence-electron chi connectivity index (χ2n) is 9.20. The van der Waals surface area contributed by atoms with Crippen molar-refractivity contribution in [1.29, 1.82) is 0 Å². The van der Waals surface area contributed by atoms with Gasteiger partial charge in [-0.25, -0.2) is 4.98 Å². The van der Waals surface area contributed by atoms with E-state index in [1.54, 1.807) is 12.1 Å². The summed E-state index contributed by atoms with van der Waals surface area (Å²) in [6.45, 7) is 3.35. The second-order valence-corrected chi connectivity index (χ2v) is 9.20. The highest BCUT2D eigenvalue weighted by molar-refractivity contribution is 5.76. The van der Waals surface area contributed by atoms with Gasteiger partial charge in [0.15, 0.2) is 0 Å². The van der Waals surface area contributed by atoms with Gasteiger partial charge in [-0.2, -0.15) is 0 Å². The molecule has 1 aromatic heterocycles. The Bertz CT molecular complexity index is 1240. The van der Waals surface area contributed by atoms with Crippen molar-refractivity contribution in [2.45, 2.75) is 38.7 Å². The smallest absolute Gasteiger partial charge is 0.406 e. The van der Waals surface area contributed by atoms with Gasteiger partial charge in [-0.1, -0.05) is 54.6 Å². The molecular weight excluding hydrogens is 451 g/mol. The third-order valence-electron chi connectivity index (χ3n) is 6.67. The summed E-state index contributed by atoms with van der Waals surface area (Å²) in [7, 11) is 0. The van der Waals surface area contributed by atoms with Gasteiger partial charge in [-0.15, -0.1) is 13.2 Å². The van der Waals surface area contributed by atoms with Crippen molar-refractivity contribution < 1.29 is 17.9 Å². The van der Waals surface area contributed by atoms with Gasteiger partial charge in [0.2, 0.25) is 0 Å². The summed E-state index contributed by atoms with van der Waals surface area (Å²) in [6, 6.07) is 24.7. The van der Waals surface area contributed by atoms with Gasteiger partial charge in [0.05, 0.1) is 17.6 Å². The van der Waals surface area contributed by atoms with E-state index in [4.69, 9.17) is 4.98 Å². The van der Waals surface area contributed by atoms with E-state index in [1.165, 1.54) is 17.7 Å². The van der Waals surface area contributed by atoms with Gasteiger partial charge >= 0.3 is 6.36 Å². The summed E-state index contributed by atoms with van der Waals surface area (Å²) in [6.07, 6.45) is -1.24. The average Bonchev–Trinajstić information content (AvgIpc) is 3.18. The van der Waals surface area contributed by atoms with Crippen LogP contribution < -0.4 is 4.74 Å². The quantitative estimate of drug-likeness (QED) is 0.306. The van der Waals surface area contributed by atoms with Crippen molar-refractivity contribution in [2.24, 2.45) is 5.92 Å². The Balaban J connectivity index is 1.28. The minimum atomic E-state index is -4.69. The lowest BCUT2D eigenvalue weighted by Crippen LogP contribution is -2.34. The summed E-state index contributed by atoms with van der Waals surface area (Å²) in [5.41, 5.74) is 4.25. The molecule has 7 heteroatoms. The number of piperidine rings is 1. The number of fused-ring (bicyclic) bond motifs is 1.